The number of amides is 2. The van der Waals surface area contributed by atoms with Crippen LogP contribution in [0.5, 0.6) is 11.5 Å². The van der Waals surface area contributed by atoms with Crippen molar-refractivity contribution in [1.82, 2.24) is 0 Å². The molecule has 0 aliphatic carbocycles. The van der Waals surface area contributed by atoms with Crippen molar-refractivity contribution in [1.29, 1.82) is 5.26 Å². The molecule has 3 rings (SSSR count). The Morgan fingerprint density at radius 1 is 1.25 bits per heavy atom. The Bertz CT molecular complexity index is 855. The number of nitrogens with one attached hydrogen (secondary N) is 1. The summed E-state index contributed by atoms with van der Waals surface area (Å²) in [5, 5.41) is 11.2. The van der Waals surface area contributed by atoms with E-state index in [0.717, 1.165) is 0 Å². The topological polar surface area (TPSA) is 82.4 Å². The van der Waals surface area contributed by atoms with Crippen LogP contribution in [0.15, 0.2) is 42.5 Å². The minimum Gasteiger partial charge on any atom is -0.454 e. The summed E-state index contributed by atoms with van der Waals surface area (Å²) in [4.78, 5) is 26.1. The molecule has 0 radical (unpaired) electrons. The van der Waals surface area contributed by atoms with Crippen molar-refractivity contribution < 1.29 is 14.3 Å². The third-order valence-corrected chi connectivity index (χ3v) is 3.67. The van der Waals surface area contributed by atoms with Crippen molar-refractivity contribution in [3.63, 3.8) is 0 Å². The first-order valence-electron chi connectivity index (χ1n) is 7.53. The zero-order chi connectivity index (χ0) is 17.1. The fourth-order valence-corrected chi connectivity index (χ4v) is 2.59. The highest BCUT2D eigenvalue weighted by Gasteiger charge is 2.27. The van der Waals surface area contributed by atoms with Gasteiger partial charge in [-0.25, -0.2) is 0 Å². The van der Waals surface area contributed by atoms with Gasteiger partial charge in [0, 0.05) is 12.2 Å². The maximum Gasteiger partial charge on any atom is 0.262 e. The smallest absolute Gasteiger partial charge is 0.262 e. The number of hydrogen-bond acceptors (Lipinski definition) is 4. The summed E-state index contributed by atoms with van der Waals surface area (Å²) in [6.45, 7) is 2.38. The van der Waals surface area contributed by atoms with Crippen LogP contribution in [0.3, 0.4) is 0 Å². The first-order chi connectivity index (χ1) is 11.6. The van der Waals surface area contributed by atoms with Crippen LogP contribution in [-0.2, 0) is 4.79 Å². The number of rotatable bonds is 3. The van der Waals surface area contributed by atoms with Gasteiger partial charge in [0.05, 0.1) is 17.3 Å². The SMILES string of the molecule is CCN1C(=O)c2cc(NC(=O)CC#N)ccc2Oc2ccccc21. The Morgan fingerprint density at radius 2 is 2.04 bits per heavy atom. The number of benzene rings is 2. The highest BCUT2D eigenvalue weighted by Crippen LogP contribution is 2.39. The van der Waals surface area contributed by atoms with Crippen molar-refractivity contribution in [2.45, 2.75) is 13.3 Å². The standard InChI is InChI=1S/C18H15N3O3/c1-2-21-14-5-3-4-6-16(14)24-15-8-7-12(11-13(15)18(21)23)20-17(22)9-10-19/h3-8,11H,2,9H2,1H3,(H,20,22). The molecule has 1 N–H and O–H groups in total. The molecule has 0 aromatic heterocycles. The second-order valence-corrected chi connectivity index (χ2v) is 5.21. The highest BCUT2D eigenvalue weighted by molar-refractivity contribution is 6.10. The minimum atomic E-state index is -0.421. The first kappa shape index (κ1) is 15.6. The van der Waals surface area contributed by atoms with E-state index in [1.807, 2.05) is 31.2 Å². The van der Waals surface area contributed by atoms with Gasteiger partial charge >= 0.3 is 0 Å². The largest absolute Gasteiger partial charge is 0.454 e. The fourth-order valence-electron chi connectivity index (χ4n) is 2.59. The van der Waals surface area contributed by atoms with Gasteiger partial charge in [0.2, 0.25) is 5.91 Å². The molecule has 0 unspecified atom stereocenters. The highest BCUT2D eigenvalue weighted by atomic mass is 16.5. The van der Waals surface area contributed by atoms with Crippen LogP contribution >= 0.6 is 0 Å². The van der Waals surface area contributed by atoms with Gasteiger partial charge in [-0.2, -0.15) is 5.26 Å². The van der Waals surface area contributed by atoms with Crippen LogP contribution in [0.4, 0.5) is 11.4 Å². The molecule has 2 aromatic rings. The molecule has 0 saturated heterocycles. The predicted octanol–water partition coefficient (Wildman–Crippen LogP) is 3.31. The number of hydrogen-bond donors (Lipinski definition) is 1. The molecule has 6 heteroatoms. The van der Waals surface area contributed by atoms with Crippen LogP contribution in [0.1, 0.15) is 23.7 Å². The van der Waals surface area contributed by atoms with E-state index in [2.05, 4.69) is 5.32 Å². The summed E-state index contributed by atoms with van der Waals surface area (Å²) >= 11 is 0. The van der Waals surface area contributed by atoms with E-state index >= 15 is 0 Å². The van der Waals surface area contributed by atoms with Gasteiger partial charge in [0.1, 0.15) is 12.2 Å². The lowest BCUT2D eigenvalue weighted by molar-refractivity contribution is -0.115. The Labute approximate surface area is 139 Å². The molecule has 1 heterocycles. The van der Waals surface area contributed by atoms with Gasteiger partial charge in [-0.05, 0) is 37.3 Å². The monoisotopic (exact) mass is 321 g/mol. The lowest BCUT2D eigenvalue weighted by Gasteiger charge is -2.19. The maximum atomic E-state index is 12.9. The number of anilines is 2. The molecule has 0 atom stereocenters. The van der Waals surface area contributed by atoms with Crippen molar-refractivity contribution in [2.24, 2.45) is 0 Å². The van der Waals surface area contributed by atoms with Crippen molar-refractivity contribution >= 4 is 23.2 Å². The Kier molecular flexibility index (Phi) is 4.17. The molecular formula is C18H15N3O3. The quantitative estimate of drug-likeness (QED) is 0.940. The molecule has 120 valence electrons. The van der Waals surface area contributed by atoms with Crippen LogP contribution < -0.4 is 15.0 Å². The number of carbonyl (C=O) groups excluding carboxylic acids is 2. The van der Waals surface area contributed by atoms with E-state index in [1.165, 1.54) is 0 Å². The van der Waals surface area contributed by atoms with E-state index < -0.39 is 5.91 Å². The van der Waals surface area contributed by atoms with Crippen molar-refractivity contribution in [3.05, 3.63) is 48.0 Å². The molecule has 0 saturated carbocycles. The molecular weight excluding hydrogens is 306 g/mol. The van der Waals surface area contributed by atoms with E-state index in [0.29, 0.717) is 35.0 Å². The zero-order valence-corrected chi connectivity index (χ0v) is 13.1. The van der Waals surface area contributed by atoms with Gasteiger partial charge in [0.25, 0.3) is 5.91 Å². The number of carbonyl (C=O) groups is 2. The normalized spacial score (nSPS) is 12.3. The summed E-state index contributed by atoms with van der Waals surface area (Å²) < 4.78 is 5.88. The van der Waals surface area contributed by atoms with Gasteiger partial charge < -0.3 is 15.0 Å². The molecule has 24 heavy (non-hydrogen) atoms. The fraction of sp³-hybridized carbons (Fsp3) is 0.167. The lowest BCUT2D eigenvalue weighted by atomic mass is 10.1. The molecule has 2 aromatic carbocycles. The summed E-state index contributed by atoms with van der Waals surface area (Å²) in [7, 11) is 0. The van der Waals surface area contributed by atoms with Crippen LogP contribution in [0.2, 0.25) is 0 Å². The summed E-state index contributed by atoms with van der Waals surface area (Å²) in [5.41, 5.74) is 1.52. The molecule has 0 fully saturated rings. The molecule has 2 amide bonds. The van der Waals surface area contributed by atoms with E-state index in [-0.39, 0.29) is 12.3 Å². The average molecular weight is 321 g/mol. The van der Waals surface area contributed by atoms with Gasteiger partial charge in [-0.3, -0.25) is 9.59 Å². The number of fused-ring (bicyclic) bond motifs is 2. The number of nitriles is 1. The molecule has 0 spiro atoms. The predicted molar refractivity (Wildman–Crippen MR) is 89.2 cm³/mol. The molecule has 0 bridgehead atoms. The van der Waals surface area contributed by atoms with E-state index in [1.54, 1.807) is 29.2 Å². The number of para-hydroxylation sites is 2. The molecule has 1 aliphatic rings. The Hall–Kier alpha value is -3.33. The zero-order valence-electron chi connectivity index (χ0n) is 13.1. The third kappa shape index (κ3) is 2.79. The molecule has 1 aliphatic heterocycles. The summed E-state index contributed by atoms with van der Waals surface area (Å²) in [6.07, 6.45) is -0.242. The summed E-state index contributed by atoms with van der Waals surface area (Å²) in [6, 6.07) is 14.0. The number of nitrogens with zero attached hydrogens (tertiary/aromatic N) is 2. The second kappa shape index (κ2) is 6.42. The van der Waals surface area contributed by atoms with Crippen LogP contribution in [0.25, 0.3) is 0 Å². The third-order valence-electron chi connectivity index (χ3n) is 3.67. The Morgan fingerprint density at radius 3 is 2.79 bits per heavy atom. The molecule has 6 nitrogen and oxygen atoms in total. The van der Waals surface area contributed by atoms with E-state index in [4.69, 9.17) is 10.00 Å². The minimum absolute atomic E-state index is 0.200. The van der Waals surface area contributed by atoms with Gasteiger partial charge in [-0.15, -0.1) is 0 Å². The van der Waals surface area contributed by atoms with Crippen LogP contribution in [0, 0.1) is 11.3 Å². The maximum absolute atomic E-state index is 12.9. The Balaban J connectivity index is 2.02. The van der Waals surface area contributed by atoms with Gasteiger partial charge in [-0.1, -0.05) is 12.1 Å². The second-order valence-electron chi connectivity index (χ2n) is 5.21. The summed E-state index contributed by atoms with van der Waals surface area (Å²) in [5.74, 6) is 0.415. The lowest BCUT2D eigenvalue weighted by Crippen LogP contribution is -2.29. The first-order valence-corrected chi connectivity index (χ1v) is 7.53. The van der Waals surface area contributed by atoms with E-state index in [9.17, 15) is 9.59 Å². The van der Waals surface area contributed by atoms with Crippen LogP contribution in [-0.4, -0.2) is 18.4 Å². The van der Waals surface area contributed by atoms with Gasteiger partial charge in [0.15, 0.2) is 5.75 Å². The van der Waals surface area contributed by atoms with Crippen molar-refractivity contribution in [2.75, 3.05) is 16.8 Å². The average Bonchev–Trinajstić information content (AvgIpc) is 2.69. The number of ether oxygens (including phenoxy) is 1. The van der Waals surface area contributed by atoms with Crippen molar-refractivity contribution in [3.8, 4) is 17.6 Å².